The van der Waals surface area contributed by atoms with Crippen LogP contribution in [0.3, 0.4) is 0 Å². The number of aryl methyl sites for hydroxylation is 3. The summed E-state index contributed by atoms with van der Waals surface area (Å²) in [5.41, 5.74) is 3.27. The Hall–Kier alpha value is -3.00. The Morgan fingerprint density at radius 3 is 2.56 bits per heavy atom. The molecule has 1 N–H and O–H groups in total. The second-order valence-corrected chi connectivity index (χ2v) is 7.39. The summed E-state index contributed by atoms with van der Waals surface area (Å²) in [5, 5.41) is 4.58. The van der Waals surface area contributed by atoms with Crippen molar-refractivity contribution in [3.05, 3.63) is 62.5 Å². The third kappa shape index (κ3) is 3.75. The average molecular weight is 384 g/mol. The van der Waals surface area contributed by atoms with Crippen LogP contribution in [0.1, 0.15) is 27.0 Å². The molecule has 27 heavy (non-hydrogen) atoms. The van der Waals surface area contributed by atoms with Crippen LogP contribution >= 0.6 is 11.3 Å². The van der Waals surface area contributed by atoms with Crippen LogP contribution in [-0.2, 0) is 4.79 Å². The Labute approximate surface area is 160 Å². The van der Waals surface area contributed by atoms with Gasteiger partial charge in [0.2, 0.25) is 5.91 Å². The standard InChI is InChI=1S/C19H20N4O3S/c1-11-7-12(2)16(13(3)8-11)21-15(24)10-22(4)17(25)14-9-20-19-23(18(14)26)5-6-27-19/h5-9H,10H2,1-4H3,(H,21,24). The van der Waals surface area contributed by atoms with Crippen molar-refractivity contribution in [2.75, 3.05) is 18.9 Å². The number of fused-ring (bicyclic) bond motifs is 1. The number of thiazole rings is 1. The van der Waals surface area contributed by atoms with E-state index >= 15 is 0 Å². The Morgan fingerprint density at radius 1 is 1.22 bits per heavy atom. The Kier molecular flexibility index (Phi) is 5.09. The third-order valence-corrected chi connectivity index (χ3v) is 5.01. The second kappa shape index (κ2) is 7.32. The molecule has 7 nitrogen and oxygen atoms in total. The van der Waals surface area contributed by atoms with Crippen molar-refractivity contribution in [1.29, 1.82) is 0 Å². The summed E-state index contributed by atoms with van der Waals surface area (Å²) in [4.78, 5) is 43.3. The van der Waals surface area contributed by atoms with E-state index in [9.17, 15) is 14.4 Å². The molecule has 0 aliphatic carbocycles. The smallest absolute Gasteiger partial charge is 0.271 e. The average Bonchev–Trinajstić information content (AvgIpc) is 3.07. The SMILES string of the molecule is Cc1cc(C)c(NC(=O)CN(C)C(=O)c2cnc3sccn3c2=O)c(C)c1. The highest BCUT2D eigenvalue weighted by atomic mass is 32.1. The maximum atomic E-state index is 12.6. The number of hydrogen-bond acceptors (Lipinski definition) is 5. The first-order valence-electron chi connectivity index (χ1n) is 8.36. The van der Waals surface area contributed by atoms with Crippen LogP contribution in [0.4, 0.5) is 5.69 Å². The number of carbonyl (C=O) groups excluding carboxylic acids is 2. The van der Waals surface area contributed by atoms with Gasteiger partial charge in [-0.15, -0.1) is 11.3 Å². The molecule has 1 aromatic carbocycles. The fraction of sp³-hybridized carbons (Fsp3) is 0.263. The van der Waals surface area contributed by atoms with E-state index in [0.29, 0.717) is 4.96 Å². The lowest BCUT2D eigenvalue weighted by molar-refractivity contribution is -0.116. The van der Waals surface area contributed by atoms with Gasteiger partial charge in [-0.05, 0) is 31.9 Å². The van der Waals surface area contributed by atoms with Crippen LogP contribution in [0.5, 0.6) is 0 Å². The highest BCUT2D eigenvalue weighted by Crippen LogP contribution is 2.21. The lowest BCUT2D eigenvalue weighted by Gasteiger charge is -2.18. The minimum absolute atomic E-state index is 0.0658. The Bertz CT molecular complexity index is 1080. The lowest BCUT2D eigenvalue weighted by Crippen LogP contribution is -2.38. The van der Waals surface area contributed by atoms with Gasteiger partial charge in [-0.2, -0.15) is 0 Å². The van der Waals surface area contributed by atoms with E-state index in [2.05, 4.69) is 10.3 Å². The molecule has 0 atom stereocenters. The highest BCUT2D eigenvalue weighted by Gasteiger charge is 2.20. The van der Waals surface area contributed by atoms with Crippen LogP contribution < -0.4 is 10.9 Å². The number of likely N-dealkylation sites (N-methyl/N-ethyl adjacent to an activating group) is 1. The largest absolute Gasteiger partial charge is 0.332 e. The Balaban J connectivity index is 1.75. The minimum atomic E-state index is -0.541. The van der Waals surface area contributed by atoms with Gasteiger partial charge < -0.3 is 10.2 Å². The molecule has 8 heteroatoms. The quantitative estimate of drug-likeness (QED) is 0.749. The Morgan fingerprint density at radius 2 is 1.89 bits per heavy atom. The molecule has 0 aliphatic heterocycles. The number of aromatic nitrogens is 2. The first-order chi connectivity index (χ1) is 12.8. The maximum absolute atomic E-state index is 12.6. The van der Waals surface area contributed by atoms with Crippen molar-refractivity contribution in [1.82, 2.24) is 14.3 Å². The van der Waals surface area contributed by atoms with Crippen molar-refractivity contribution in [2.45, 2.75) is 20.8 Å². The normalized spacial score (nSPS) is 10.8. The molecule has 3 rings (SSSR count). The van der Waals surface area contributed by atoms with Crippen molar-refractivity contribution in [2.24, 2.45) is 0 Å². The lowest BCUT2D eigenvalue weighted by atomic mass is 10.1. The number of benzene rings is 1. The minimum Gasteiger partial charge on any atom is -0.332 e. The van der Waals surface area contributed by atoms with Gasteiger partial charge in [-0.25, -0.2) is 4.98 Å². The summed E-state index contributed by atoms with van der Waals surface area (Å²) in [6.45, 7) is 5.67. The first-order valence-corrected chi connectivity index (χ1v) is 9.24. The zero-order valence-electron chi connectivity index (χ0n) is 15.6. The van der Waals surface area contributed by atoms with Gasteiger partial charge in [0.1, 0.15) is 5.56 Å². The fourth-order valence-electron chi connectivity index (χ4n) is 3.02. The van der Waals surface area contributed by atoms with Gasteiger partial charge in [-0.1, -0.05) is 17.7 Å². The maximum Gasteiger partial charge on any atom is 0.271 e. The van der Waals surface area contributed by atoms with Crippen LogP contribution in [0.25, 0.3) is 4.96 Å². The monoisotopic (exact) mass is 384 g/mol. The van der Waals surface area contributed by atoms with Gasteiger partial charge in [0, 0.05) is 30.5 Å². The molecule has 0 fully saturated rings. The molecule has 2 heterocycles. The molecule has 0 saturated heterocycles. The molecule has 2 aromatic heterocycles. The number of rotatable bonds is 4. The third-order valence-electron chi connectivity index (χ3n) is 4.24. The summed E-state index contributed by atoms with van der Waals surface area (Å²) in [5.74, 6) is -0.869. The molecule has 0 aliphatic rings. The number of hydrogen-bond donors (Lipinski definition) is 1. The number of anilines is 1. The molecule has 0 radical (unpaired) electrons. The first kappa shape index (κ1) is 18.8. The number of nitrogens with zero attached hydrogens (tertiary/aromatic N) is 3. The van der Waals surface area contributed by atoms with Gasteiger partial charge in [0.05, 0.1) is 6.54 Å². The molecular formula is C19H20N4O3S. The summed E-state index contributed by atoms with van der Waals surface area (Å²) < 4.78 is 1.32. The molecule has 3 aromatic rings. The number of carbonyl (C=O) groups is 2. The van der Waals surface area contributed by atoms with E-state index in [1.165, 1.54) is 33.9 Å². The van der Waals surface area contributed by atoms with Crippen molar-refractivity contribution < 1.29 is 9.59 Å². The van der Waals surface area contributed by atoms with Gasteiger partial charge in [0.25, 0.3) is 11.5 Å². The predicted molar refractivity (Wildman–Crippen MR) is 106 cm³/mol. The van der Waals surface area contributed by atoms with E-state index in [0.717, 1.165) is 22.4 Å². The van der Waals surface area contributed by atoms with E-state index in [1.807, 2.05) is 32.9 Å². The van der Waals surface area contributed by atoms with Crippen LogP contribution in [-0.4, -0.2) is 39.7 Å². The van der Waals surface area contributed by atoms with Gasteiger partial charge >= 0.3 is 0 Å². The summed E-state index contributed by atoms with van der Waals surface area (Å²) in [6, 6.07) is 3.97. The summed E-state index contributed by atoms with van der Waals surface area (Å²) in [7, 11) is 1.48. The number of nitrogens with one attached hydrogen (secondary N) is 1. The molecule has 2 amide bonds. The van der Waals surface area contributed by atoms with Gasteiger partial charge in [0.15, 0.2) is 4.96 Å². The fourth-order valence-corrected chi connectivity index (χ4v) is 3.70. The van der Waals surface area contributed by atoms with Crippen molar-refractivity contribution in [3.8, 4) is 0 Å². The van der Waals surface area contributed by atoms with Crippen LogP contribution in [0, 0.1) is 20.8 Å². The number of amides is 2. The van der Waals surface area contributed by atoms with Crippen LogP contribution in [0.15, 0.2) is 34.7 Å². The topological polar surface area (TPSA) is 83.8 Å². The van der Waals surface area contributed by atoms with E-state index in [4.69, 9.17) is 0 Å². The predicted octanol–water partition coefficient (Wildman–Crippen LogP) is 2.39. The molecule has 0 unspecified atom stereocenters. The highest BCUT2D eigenvalue weighted by molar-refractivity contribution is 7.15. The zero-order chi connectivity index (χ0) is 19.7. The zero-order valence-corrected chi connectivity index (χ0v) is 16.4. The second-order valence-electron chi connectivity index (χ2n) is 6.52. The van der Waals surface area contributed by atoms with E-state index < -0.39 is 11.5 Å². The summed E-state index contributed by atoms with van der Waals surface area (Å²) in [6.07, 6.45) is 2.83. The molecule has 0 spiro atoms. The van der Waals surface area contributed by atoms with Crippen LogP contribution in [0.2, 0.25) is 0 Å². The molecule has 0 bridgehead atoms. The van der Waals surface area contributed by atoms with Crippen molar-refractivity contribution >= 4 is 33.8 Å². The van der Waals surface area contributed by atoms with E-state index in [1.54, 1.807) is 11.6 Å². The molecule has 0 saturated carbocycles. The molecular weight excluding hydrogens is 364 g/mol. The van der Waals surface area contributed by atoms with Gasteiger partial charge in [-0.3, -0.25) is 18.8 Å². The summed E-state index contributed by atoms with van der Waals surface area (Å²) >= 11 is 1.31. The van der Waals surface area contributed by atoms with Crippen molar-refractivity contribution in [3.63, 3.8) is 0 Å². The molecule has 140 valence electrons. The van der Waals surface area contributed by atoms with E-state index in [-0.39, 0.29) is 18.0 Å².